The first kappa shape index (κ1) is 23.0. The van der Waals surface area contributed by atoms with Gasteiger partial charge in [0.1, 0.15) is 11.6 Å². The topological polar surface area (TPSA) is 0 Å². The molecule has 0 heterocycles. The highest BCUT2D eigenvalue weighted by Gasteiger charge is 2.21. The first-order valence-corrected chi connectivity index (χ1v) is 11.8. The number of hydrogen-bond acceptors (Lipinski definition) is 0. The van der Waals surface area contributed by atoms with Crippen LogP contribution in [0.15, 0.2) is 24.5 Å². The number of halogens is 3. The van der Waals surface area contributed by atoms with Crippen LogP contribution in [0.3, 0.4) is 0 Å². The van der Waals surface area contributed by atoms with Crippen molar-refractivity contribution in [2.75, 3.05) is 0 Å². The molecule has 1 aromatic rings. The van der Waals surface area contributed by atoms with E-state index in [4.69, 9.17) is 0 Å². The van der Waals surface area contributed by atoms with Crippen molar-refractivity contribution in [3.63, 3.8) is 0 Å². The molecule has 3 rings (SSSR count). The molecule has 2 aliphatic carbocycles. The number of benzene rings is 1. The molecule has 0 N–H and O–H groups in total. The molecule has 2 aliphatic rings. The summed E-state index contributed by atoms with van der Waals surface area (Å²) in [6.45, 7) is 2.25. The Morgan fingerprint density at radius 1 is 0.900 bits per heavy atom. The second-order valence-corrected chi connectivity index (χ2v) is 9.35. The molecule has 0 aliphatic heterocycles. The van der Waals surface area contributed by atoms with E-state index in [0.717, 1.165) is 50.0 Å². The molecule has 0 saturated heterocycles. The Morgan fingerprint density at radius 3 is 2.07 bits per heavy atom. The molecule has 1 aromatic carbocycles. The van der Waals surface area contributed by atoms with Gasteiger partial charge in [0.15, 0.2) is 0 Å². The van der Waals surface area contributed by atoms with Crippen molar-refractivity contribution in [1.29, 1.82) is 0 Å². The molecule has 0 radical (unpaired) electrons. The predicted octanol–water partition coefficient (Wildman–Crippen LogP) is 8.15. The molecule has 0 bridgehead atoms. The minimum Gasteiger partial charge on any atom is -0.216 e. The predicted molar refractivity (Wildman–Crippen MR) is 118 cm³/mol. The van der Waals surface area contributed by atoms with Crippen molar-refractivity contribution in [1.82, 2.24) is 0 Å². The standard InChI is InChI=1S/C27H35F3/c1-2-3-20-4-6-21(7-5-20)12-13-24-18-26(29)25(27(30)19-24)15-14-22-8-10-23(11-9-22)16-17-28/h16-23H,2-13H2,1H3/b17-16+/t20-,21-,22?,23?. The van der Waals surface area contributed by atoms with Crippen molar-refractivity contribution < 1.29 is 13.2 Å². The Morgan fingerprint density at radius 2 is 1.50 bits per heavy atom. The molecular formula is C27H35F3. The number of aryl methyl sites for hydroxylation is 1. The number of allylic oxidation sites excluding steroid dienone is 1. The summed E-state index contributed by atoms with van der Waals surface area (Å²) in [5.41, 5.74) is 0.634. The average Bonchev–Trinajstić information content (AvgIpc) is 2.74. The third-order valence-corrected chi connectivity index (χ3v) is 7.12. The van der Waals surface area contributed by atoms with Crippen molar-refractivity contribution in [2.24, 2.45) is 23.7 Å². The lowest BCUT2D eigenvalue weighted by Crippen LogP contribution is -2.15. The highest BCUT2D eigenvalue weighted by atomic mass is 19.1. The van der Waals surface area contributed by atoms with Gasteiger partial charge in [0.2, 0.25) is 0 Å². The summed E-state index contributed by atoms with van der Waals surface area (Å²) in [6.07, 6.45) is 15.1. The molecule has 164 valence electrons. The Hall–Kier alpha value is -1.69. The lowest BCUT2D eigenvalue weighted by molar-refractivity contribution is 0.252. The molecule has 0 aromatic heterocycles. The minimum atomic E-state index is -0.543. The van der Waals surface area contributed by atoms with Gasteiger partial charge >= 0.3 is 0 Å². The molecule has 0 amide bonds. The third-order valence-electron chi connectivity index (χ3n) is 7.12. The summed E-state index contributed by atoms with van der Waals surface area (Å²) in [5, 5.41) is 0. The first-order chi connectivity index (χ1) is 14.6. The Labute approximate surface area is 180 Å². The zero-order valence-electron chi connectivity index (χ0n) is 18.2. The molecule has 0 spiro atoms. The number of hydrogen-bond donors (Lipinski definition) is 0. The molecule has 0 atom stereocenters. The van der Waals surface area contributed by atoms with Gasteiger partial charge in [-0.25, -0.2) is 13.2 Å². The summed E-state index contributed by atoms with van der Waals surface area (Å²) in [4.78, 5) is 0. The van der Waals surface area contributed by atoms with Crippen LogP contribution in [0.5, 0.6) is 0 Å². The quantitative estimate of drug-likeness (QED) is 0.411. The molecule has 30 heavy (non-hydrogen) atoms. The number of rotatable bonds is 6. The van der Waals surface area contributed by atoms with Gasteiger partial charge in [0.25, 0.3) is 0 Å². The first-order valence-electron chi connectivity index (χ1n) is 11.8. The second kappa shape index (κ2) is 11.6. The summed E-state index contributed by atoms with van der Waals surface area (Å²) in [5.74, 6) is 6.69. The van der Waals surface area contributed by atoms with Crippen LogP contribution in [0.2, 0.25) is 0 Å². The molecular weight excluding hydrogens is 381 g/mol. The zero-order chi connectivity index (χ0) is 21.3. The maximum atomic E-state index is 14.5. The lowest BCUT2D eigenvalue weighted by Gasteiger charge is -2.28. The van der Waals surface area contributed by atoms with E-state index in [1.807, 2.05) is 0 Å². The van der Waals surface area contributed by atoms with Crippen molar-refractivity contribution in [3.05, 3.63) is 47.3 Å². The zero-order valence-corrected chi connectivity index (χ0v) is 18.2. The fourth-order valence-electron chi connectivity index (χ4n) is 5.21. The normalized spacial score (nSPS) is 27.1. The monoisotopic (exact) mass is 416 g/mol. The highest BCUT2D eigenvalue weighted by Crippen LogP contribution is 2.34. The minimum absolute atomic E-state index is 0.107. The van der Waals surface area contributed by atoms with Crippen molar-refractivity contribution >= 4 is 0 Å². The molecule has 0 nitrogen and oxygen atoms in total. The summed E-state index contributed by atoms with van der Waals surface area (Å²) in [7, 11) is 0. The maximum Gasteiger partial charge on any atom is 0.142 e. The van der Waals surface area contributed by atoms with Gasteiger partial charge in [-0.15, -0.1) is 0 Å². The van der Waals surface area contributed by atoms with E-state index in [1.54, 1.807) is 6.08 Å². The molecule has 2 saturated carbocycles. The van der Waals surface area contributed by atoms with E-state index in [0.29, 0.717) is 12.2 Å². The van der Waals surface area contributed by atoms with Crippen LogP contribution in [0.4, 0.5) is 13.2 Å². The molecule has 0 unspecified atom stereocenters. The van der Waals surface area contributed by atoms with Crippen LogP contribution in [0, 0.1) is 47.1 Å². The fraction of sp³-hybridized carbons (Fsp3) is 0.630. The van der Waals surface area contributed by atoms with Crippen LogP contribution < -0.4 is 0 Å². The van der Waals surface area contributed by atoms with Gasteiger partial charge in [0.05, 0.1) is 11.9 Å². The van der Waals surface area contributed by atoms with E-state index in [2.05, 4.69) is 18.8 Å². The van der Waals surface area contributed by atoms with Crippen molar-refractivity contribution in [2.45, 2.75) is 84.0 Å². The Kier molecular flexibility index (Phi) is 8.91. The molecule has 3 heteroatoms. The van der Waals surface area contributed by atoms with Crippen molar-refractivity contribution in [3.8, 4) is 11.8 Å². The average molecular weight is 417 g/mol. The summed E-state index contributed by atoms with van der Waals surface area (Å²) in [6, 6.07) is 2.94. The highest BCUT2D eigenvalue weighted by molar-refractivity contribution is 5.39. The lowest BCUT2D eigenvalue weighted by atomic mass is 9.78. The van der Waals surface area contributed by atoms with Crippen LogP contribution in [0.25, 0.3) is 0 Å². The van der Waals surface area contributed by atoms with Crippen LogP contribution in [-0.4, -0.2) is 0 Å². The van der Waals surface area contributed by atoms with Gasteiger partial charge in [-0.1, -0.05) is 63.4 Å². The Bertz CT molecular complexity index is 731. The fourth-order valence-corrected chi connectivity index (χ4v) is 5.21. The van der Waals surface area contributed by atoms with E-state index in [9.17, 15) is 13.2 Å². The maximum absolute atomic E-state index is 14.5. The van der Waals surface area contributed by atoms with E-state index >= 15 is 0 Å². The third kappa shape index (κ3) is 6.66. The molecule has 2 fully saturated rings. The van der Waals surface area contributed by atoms with Crippen LogP contribution >= 0.6 is 0 Å². The van der Waals surface area contributed by atoms with Gasteiger partial charge in [-0.05, 0) is 74.0 Å². The van der Waals surface area contributed by atoms with E-state index in [-0.39, 0.29) is 17.4 Å². The smallest absolute Gasteiger partial charge is 0.142 e. The van der Waals surface area contributed by atoms with Gasteiger partial charge in [-0.3, -0.25) is 0 Å². The Balaban J connectivity index is 1.52. The SMILES string of the molecule is CCC[C@H]1CC[C@H](CCc2cc(F)c(C#CC3CCC(/C=C/F)CC3)c(F)c2)CC1. The van der Waals surface area contributed by atoms with Crippen LogP contribution in [0.1, 0.15) is 88.7 Å². The van der Waals surface area contributed by atoms with Gasteiger partial charge in [-0.2, -0.15) is 0 Å². The summed E-state index contributed by atoms with van der Waals surface area (Å²) < 4.78 is 41.3. The largest absolute Gasteiger partial charge is 0.216 e. The van der Waals surface area contributed by atoms with E-state index < -0.39 is 11.6 Å². The van der Waals surface area contributed by atoms with Gasteiger partial charge in [0, 0.05) is 5.92 Å². The van der Waals surface area contributed by atoms with Gasteiger partial charge < -0.3 is 0 Å². The second-order valence-electron chi connectivity index (χ2n) is 9.35. The summed E-state index contributed by atoms with van der Waals surface area (Å²) >= 11 is 0. The van der Waals surface area contributed by atoms with Crippen LogP contribution in [-0.2, 0) is 6.42 Å². The van der Waals surface area contributed by atoms with E-state index in [1.165, 1.54) is 50.7 Å².